The highest BCUT2D eigenvalue weighted by molar-refractivity contribution is 9.10. The topological polar surface area (TPSA) is 60.5 Å². The SMILES string of the molecule is COc1ccccc1-c1csc(NC(=O)C(C)Oc2cccc(Br)c2)n1. The van der Waals surface area contributed by atoms with Gasteiger partial charge in [-0.1, -0.05) is 34.1 Å². The number of rotatable bonds is 6. The van der Waals surface area contributed by atoms with Crippen LogP contribution in [0.15, 0.2) is 58.4 Å². The molecule has 1 aromatic heterocycles. The van der Waals surface area contributed by atoms with Gasteiger partial charge in [0, 0.05) is 15.4 Å². The molecule has 0 aliphatic rings. The maximum absolute atomic E-state index is 12.4. The van der Waals surface area contributed by atoms with Gasteiger partial charge in [-0.3, -0.25) is 10.1 Å². The summed E-state index contributed by atoms with van der Waals surface area (Å²) in [6, 6.07) is 15.0. The highest BCUT2D eigenvalue weighted by atomic mass is 79.9. The zero-order valence-corrected chi connectivity index (χ0v) is 16.6. The number of methoxy groups -OCH3 is 1. The van der Waals surface area contributed by atoms with E-state index in [0.717, 1.165) is 21.5 Å². The molecule has 134 valence electrons. The Balaban J connectivity index is 1.67. The lowest BCUT2D eigenvalue weighted by atomic mass is 10.1. The fraction of sp³-hybridized carbons (Fsp3) is 0.158. The zero-order chi connectivity index (χ0) is 18.5. The van der Waals surface area contributed by atoms with Crippen molar-refractivity contribution in [2.45, 2.75) is 13.0 Å². The Kier molecular flexibility index (Phi) is 5.90. The molecule has 1 atom stereocenters. The maximum Gasteiger partial charge on any atom is 0.266 e. The van der Waals surface area contributed by atoms with E-state index in [0.29, 0.717) is 10.9 Å². The Bertz CT molecular complexity index is 913. The predicted molar refractivity (Wildman–Crippen MR) is 107 cm³/mol. The number of halogens is 1. The molecule has 1 heterocycles. The monoisotopic (exact) mass is 432 g/mol. The van der Waals surface area contributed by atoms with Crippen molar-refractivity contribution in [1.82, 2.24) is 4.98 Å². The number of aromatic nitrogens is 1. The van der Waals surface area contributed by atoms with Crippen molar-refractivity contribution >= 4 is 38.3 Å². The highest BCUT2D eigenvalue weighted by Gasteiger charge is 2.17. The fourth-order valence-electron chi connectivity index (χ4n) is 2.32. The summed E-state index contributed by atoms with van der Waals surface area (Å²) in [4.78, 5) is 16.8. The van der Waals surface area contributed by atoms with E-state index in [1.165, 1.54) is 11.3 Å². The van der Waals surface area contributed by atoms with E-state index in [-0.39, 0.29) is 5.91 Å². The Hall–Kier alpha value is -2.38. The molecular formula is C19H17BrN2O3S. The van der Waals surface area contributed by atoms with Crippen molar-refractivity contribution in [2.24, 2.45) is 0 Å². The van der Waals surface area contributed by atoms with Gasteiger partial charge in [0.25, 0.3) is 5.91 Å². The summed E-state index contributed by atoms with van der Waals surface area (Å²) in [5, 5.41) is 5.19. The third kappa shape index (κ3) is 4.42. The van der Waals surface area contributed by atoms with Crippen LogP contribution in [0, 0.1) is 0 Å². The van der Waals surface area contributed by atoms with Crippen molar-refractivity contribution in [3.05, 3.63) is 58.4 Å². The quantitative estimate of drug-likeness (QED) is 0.595. The molecule has 0 bridgehead atoms. The number of hydrogen-bond donors (Lipinski definition) is 1. The lowest BCUT2D eigenvalue weighted by molar-refractivity contribution is -0.122. The summed E-state index contributed by atoms with van der Waals surface area (Å²) in [5.41, 5.74) is 1.63. The second-order valence-electron chi connectivity index (χ2n) is 5.44. The molecule has 3 aromatic rings. The van der Waals surface area contributed by atoms with Crippen LogP contribution in [0.4, 0.5) is 5.13 Å². The van der Waals surface area contributed by atoms with Crippen LogP contribution in [-0.2, 0) is 4.79 Å². The van der Waals surface area contributed by atoms with Crippen LogP contribution in [0.25, 0.3) is 11.3 Å². The van der Waals surface area contributed by atoms with Gasteiger partial charge in [-0.2, -0.15) is 0 Å². The van der Waals surface area contributed by atoms with E-state index in [1.807, 2.05) is 47.8 Å². The summed E-state index contributed by atoms with van der Waals surface area (Å²) >= 11 is 4.74. The Morgan fingerprint density at radius 2 is 2.04 bits per heavy atom. The van der Waals surface area contributed by atoms with E-state index in [1.54, 1.807) is 20.1 Å². The number of nitrogens with zero attached hydrogens (tertiary/aromatic N) is 1. The summed E-state index contributed by atoms with van der Waals surface area (Å²) in [6.45, 7) is 1.70. The van der Waals surface area contributed by atoms with E-state index in [2.05, 4.69) is 26.2 Å². The molecule has 1 N–H and O–H groups in total. The Labute approximate surface area is 164 Å². The van der Waals surface area contributed by atoms with Gasteiger partial charge in [0.1, 0.15) is 11.5 Å². The van der Waals surface area contributed by atoms with E-state index >= 15 is 0 Å². The Morgan fingerprint density at radius 3 is 2.81 bits per heavy atom. The zero-order valence-electron chi connectivity index (χ0n) is 14.2. The number of para-hydroxylation sites is 1. The first-order chi connectivity index (χ1) is 12.6. The summed E-state index contributed by atoms with van der Waals surface area (Å²) in [5.74, 6) is 1.10. The van der Waals surface area contributed by atoms with E-state index < -0.39 is 6.10 Å². The first kappa shape index (κ1) is 18.4. The third-order valence-corrected chi connectivity index (χ3v) is 4.85. The number of amides is 1. The molecular weight excluding hydrogens is 416 g/mol. The first-order valence-corrected chi connectivity index (χ1v) is 9.56. The number of carbonyl (C=O) groups excluding carboxylic acids is 1. The summed E-state index contributed by atoms with van der Waals surface area (Å²) in [7, 11) is 1.62. The van der Waals surface area contributed by atoms with Crippen molar-refractivity contribution in [3.8, 4) is 22.8 Å². The van der Waals surface area contributed by atoms with Crippen molar-refractivity contribution in [2.75, 3.05) is 12.4 Å². The number of carbonyl (C=O) groups is 1. The lowest BCUT2D eigenvalue weighted by Crippen LogP contribution is -2.30. The minimum Gasteiger partial charge on any atom is -0.496 e. The molecule has 0 saturated heterocycles. The molecule has 2 aromatic carbocycles. The molecule has 0 radical (unpaired) electrons. The largest absolute Gasteiger partial charge is 0.496 e. The number of anilines is 1. The lowest BCUT2D eigenvalue weighted by Gasteiger charge is -2.13. The van der Waals surface area contributed by atoms with Gasteiger partial charge in [0.2, 0.25) is 0 Å². The summed E-state index contributed by atoms with van der Waals surface area (Å²) in [6.07, 6.45) is -0.650. The highest BCUT2D eigenvalue weighted by Crippen LogP contribution is 2.32. The van der Waals surface area contributed by atoms with Crippen LogP contribution in [0.5, 0.6) is 11.5 Å². The number of benzene rings is 2. The van der Waals surface area contributed by atoms with Gasteiger partial charge < -0.3 is 9.47 Å². The smallest absolute Gasteiger partial charge is 0.266 e. The van der Waals surface area contributed by atoms with Crippen LogP contribution < -0.4 is 14.8 Å². The molecule has 0 aliphatic heterocycles. The average Bonchev–Trinajstić information content (AvgIpc) is 3.10. The molecule has 0 spiro atoms. The van der Waals surface area contributed by atoms with Crippen molar-refractivity contribution in [1.29, 1.82) is 0 Å². The summed E-state index contributed by atoms with van der Waals surface area (Å²) < 4.78 is 11.9. The first-order valence-electron chi connectivity index (χ1n) is 7.89. The van der Waals surface area contributed by atoms with Crippen LogP contribution in [0.3, 0.4) is 0 Å². The molecule has 0 aliphatic carbocycles. The molecule has 5 nitrogen and oxygen atoms in total. The minimum atomic E-state index is -0.650. The van der Waals surface area contributed by atoms with Gasteiger partial charge in [-0.05, 0) is 37.3 Å². The third-order valence-electron chi connectivity index (χ3n) is 3.60. The van der Waals surface area contributed by atoms with Gasteiger partial charge in [-0.25, -0.2) is 4.98 Å². The molecule has 7 heteroatoms. The molecule has 1 unspecified atom stereocenters. The number of hydrogen-bond acceptors (Lipinski definition) is 5. The van der Waals surface area contributed by atoms with Crippen molar-refractivity contribution < 1.29 is 14.3 Å². The second-order valence-corrected chi connectivity index (χ2v) is 7.22. The number of nitrogens with one attached hydrogen (secondary N) is 1. The van der Waals surface area contributed by atoms with Gasteiger partial charge in [0.05, 0.1) is 12.8 Å². The Morgan fingerprint density at radius 1 is 1.23 bits per heavy atom. The van der Waals surface area contributed by atoms with E-state index in [9.17, 15) is 4.79 Å². The van der Waals surface area contributed by atoms with Crippen LogP contribution in [0.2, 0.25) is 0 Å². The van der Waals surface area contributed by atoms with Gasteiger partial charge in [-0.15, -0.1) is 11.3 Å². The van der Waals surface area contributed by atoms with Gasteiger partial charge in [0.15, 0.2) is 11.2 Å². The predicted octanol–water partition coefficient (Wildman–Crippen LogP) is 4.99. The van der Waals surface area contributed by atoms with E-state index in [4.69, 9.17) is 9.47 Å². The number of ether oxygens (including phenoxy) is 2. The molecule has 0 fully saturated rings. The number of thiazole rings is 1. The normalized spacial score (nSPS) is 11.7. The van der Waals surface area contributed by atoms with Crippen LogP contribution in [0.1, 0.15) is 6.92 Å². The fourth-order valence-corrected chi connectivity index (χ4v) is 3.41. The van der Waals surface area contributed by atoms with Crippen LogP contribution in [-0.4, -0.2) is 24.1 Å². The average molecular weight is 433 g/mol. The molecule has 3 rings (SSSR count). The maximum atomic E-state index is 12.4. The van der Waals surface area contributed by atoms with Crippen molar-refractivity contribution in [3.63, 3.8) is 0 Å². The van der Waals surface area contributed by atoms with Gasteiger partial charge >= 0.3 is 0 Å². The second kappa shape index (κ2) is 8.33. The van der Waals surface area contributed by atoms with Crippen LogP contribution >= 0.6 is 27.3 Å². The minimum absolute atomic E-state index is 0.258. The standard InChI is InChI=1S/C19H17BrN2O3S/c1-12(25-14-7-5-6-13(20)10-14)18(23)22-19-21-16(11-26-19)15-8-3-4-9-17(15)24-2/h3-12H,1-2H3,(H,21,22,23). The molecule has 0 saturated carbocycles. The molecule has 26 heavy (non-hydrogen) atoms. The molecule has 1 amide bonds.